The summed E-state index contributed by atoms with van der Waals surface area (Å²) in [6.45, 7) is 5.63. The van der Waals surface area contributed by atoms with Gasteiger partial charge in [-0.05, 0) is 49.4 Å². The number of hydrogen-bond donors (Lipinski definition) is 1. The molecule has 0 aliphatic carbocycles. The van der Waals surface area contributed by atoms with Gasteiger partial charge in [-0.1, -0.05) is 17.7 Å². The molecule has 0 spiro atoms. The Bertz CT molecular complexity index is 436. The van der Waals surface area contributed by atoms with E-state index in [1.54, 1.807) is 0 Å². The van der Waals surface area contributed by atoms with Gasteiger partial charge >= 0.3 is 0 Å². The largest absolute Gasteiger partial charge is 0.310 e. The molecule has 4 heteroatoms. The van der Waals surface area contributed by atoms with E-state index < -0.39 is 0 Å². The highest BCUT2D eigenvalue weighted by Crippen LogP contribution is 2.23. The monoisotopic (exact) mass is 300 g/mol. The van der Waals surface area contributed by atoms with E-state index in [4.69, 9.17) is 11.6 Å². The topological polar surface area (TPSA) is 15.3 Å². The van der Waals surface area contributed by atoms with E-state index in [1.165, 1.54) is 43.5 Å². The molecule has 0 aromatic heterocycles. The molecule has 2 heterocycles. The van der Waals surface area contributed by atoms with Crippen LogP contribution in [0.5, 0.6) is 0 Å². The van der Waals surface area contributed by atoms with Gasteiger partial charge in [-0.2, -0.15) is 0 Å². The molecular formula is C15H22Cl2N2. The lowest BCUT2D eigenvalue weighted by atomic mass is 10.1. The third kappa shape index (κ3) is 3.63. The normalized spacial score (nSPS) is 26.8. The van der Waals surface area contributed by atoms with Crippen molar-refractivity contribution < 1.29 is 0 Å². The Hall–Kier alpha value is -0.280. The van der Waals surface area contributed by atoms with E-state index in [2.05, 4.69) is 29.3 Å². The summed E-state index contributed by atoms with van der Waals surface area (Å²) in [6.07, 6.45) is 4.02. The maximum atomic E-state index is 6.01. The first-order valence-electron chi connectivity index (χ1n) is 6.94. The van der Waals surface area contributed by atoms with Gasteiger partial charge in [-0.15, -0.1) is 12.4 Å². The highest BCUT2D eigenvalue weighted by atomic mass is 35.5. The number of aryl methyl sites for hydroxylation is 1. The number of benzene rings is 1. The molecule has 2 unspecified atom stereocenters. The number of hydrogen-bond acceptors (Lipinski definition) is 2. The van der Waals surface area contributed by atoms with Crippen LogP contribution in [0.15, 0.2) is 18.2 Å². The van der Waals surface area contributed by atoms with Gasteiger partial charge in [0, 0.05) is 36.7 Å². The zero-order valence-electron chi connectivity index (χ0n) is 11.4. The van der Waals surface area contributed by atoms with Crippen LogP contribution in [0, 0.1) is 6.92 Å². The Morgan fingerprint density at radius 1 is 1.26 bits per heavy atom. The van der Waals surface area contributed by atoms with Gasteiger partial charge in [0.2, 0.25) is 0 Å². The zero-order valence-corrected chi connectivity index (χ0v) is 12.9. The average Bonchev–Trinajstić information content (AvgIpc) is 2.66. The second-order valence-electron chi connectivity index (χ2n) is 5.73. The van der Waals surface area contributed by atoms with Crippen LogP contribution >= 0.6 is 24.0 Å². The average molecular weight is 301 g/mol. The van der Waals surface area contributed by atoms with Gasteiger partial charge in [-0.25, -0.2) is 0 Å². The highest BCUT2D eigenvalue weighted by molar-refractivity contribution is 6.30. The van der Waals surface area contributed by atoms with Crippen molar-refractivity contribution in [2.24, 2.45) is 0 Å². The first kappa shape index (κ1) is 15.1. The molecule has 19 heavy (non-hydrogen) atoms. The fourth-order valence-corrected chi connectivity index (χ4v) is 3.46. The molecule has 3 rings (SSSR count). The number of halogens is 2. The summed E-state index contributed by atoms with van der Waals surface area (Å²) in [5.41, 5.74) is 2.72. The summed E-state index contributed by atoms with van der Waals surface area (Å²) < 4.78 is 0. The van der Waals surface area contributed by atoms with Crippen LogP contribution in [0.2, 0.25) is 5.02 Å². The Labute approximate surface area is 126 Å². The predicted octanol–water partition coefficient (Wildman–Crippen LogP) is 3.40. The molecule has 2 aliphatic heterocycles. The van der Waals surface area contributed by atoms with Crippen molar-refractivity contribution in [2.45, 2.75) is 44.8 Å². The fourth-order valence-electron chi connectivity index (χ4n) is 3.24. The summed E-state index contributed by atoms with van der Waals surface area (Å²) in [6, 6.07) is 7.73. The SMILES string of the molecule is Cc1cc(Cl)ccc1CN1CCC2CCC(C1)N2.Cl. The Kier molecular flexibility index (Phi) is 5.13. The van der Waals surface area contributed by atoms with E-state index in [0.717, 1.165) is 17.6 Å². The fraction of sp³-hybridized carbons (Fsp3) is 0.600. The summed E-state index contributed by atoms with van der Waals surface area (Å²) in [5, 5.41) is 4.57. The van der Waals surface area contributed by atoms with E-state index in [-0.39, 0.29) is 12.4 Å². The van der Waals surface area contributed by atoms with E-state index in [0.29, 0.717) is 6.04 Å². The number of fused-ring (bicyclic) bond motifs is 2. The van der Waals surface area contributed by atoms with Gasteiger partial charge in [0.15, 0.2) is 0 Å². The summed E-state index contributed by atoms with van der Waals surface area (Å²) in [4.78, 5) is 2.59. The van der Waals surface area contributed by atoms with Gasteiger partial charge in [-0.3, -0.25) is 4.90 Å². The predicted molar refractivity (Wildman–Crippen MR) is 83.3 cm³/mol. The van der Waals surface area contributed by atoms with Crippen molar-refractivity contribution in [2.75, 3.05) is 13.1 Å². The molecule has 2 atom stereocenters. The molecule has 1 N–H and O–H groups in total. The minimum absolute atomic E-state index is 0. The molecule has 2 saturated heterocycles. The molecule has 2 nitrogen and oxygen atoms in total. The van der Waals surface area contributed by atoms with Gasteiger partial charge in [0.25, 0.3) is 0 Å². The minimum atomic E-state index is 0. The first-order valence-corrected chi connectivity index (χ1v) is 7.32. The van der Waals surface area contributed by atoms with Crippen LogP contribution in [0.4, 0.5) is 0 Å². The smallest absolute Gasteiger partial charge is 0.0408 e. The maximum absolute atomic E-state index is 6.01. The highest BCUT2D eigenvalue weighted by Gasteiger charge is 2.29. The molecule has 0 amide bonds. The van der Waals surface area contributed by atoms with Crippen LogP contribution in [0.3, 0.4) is 0 Å². The van der Waals surface area contributed by atoms with Crippen LogP contribution in [0.25, 0.3) is 0 Å². The van der Waals surface area contributed by atoms with Crippen molar-refractivity contribution in [1.82, 2.24) is 10.2 Å². The number of nitrogens with zero attached hydrogens (tertiary/aromatic N) is 1. The molecule has 2 aliphatic rings. The Morgan fingerprint density at radius 3 is 2.84 bits per heavy atom. The Balaban J connectivity index is 0.00000133. The zero-order chi connectivity index (χ0) is 12.5. The lowest BCUT2D eigenvalue weighted by molar-refractivity contribution is 0.250. The van der Waals surface area contributed by atoms with Crippen molar-refractivity contribution in [3.8, 4) is 0 Å². The van der Waals surface area contributed by atoms with Crippen molar-refractivity contribution in [3.63, 3.8) is 0 Å². The third-order valence-electron chi connectivity index (χ3n) is 4.31. The van der Waals surface area contributed by atoms with Crippen LogP contribution < -0.4 is 5.32 Å². The molecule has 1 aromatic carbocycles. The van der Waals surface area contributed by atoms with Crippen LogP contribution in [0.1, 0.15) is 30.4 Å². The molecular weight excluding hydrogens is 279 g/mol. The van der Waals surface area contributed by atoms with Crippen LogP contribution in [-0.4, -0.2) is 30.1 Å². The molecule has 106 valence electrons. The van der Waals surface area contributed by atoms with E-state index in [1.807, 2.05) is 6.07 Å². The van der Waals surface area contributed by atoms with E-state index in [9.17, 15) is 0 Å². The summed E-state index contributed by atoms with van der Waals surface area (Å²) in [5.74, 6) is 0. The lowest BCUT2D eigenvalue weighted by Gasteiger charge is -2.24. The number of rotatable bonds is 2. The summed E-state index contributed by atoms with van der Waals surface area (Å²) >= 11 is 6.01. The molecule has 0 radical (unpaired) electrons. The minimum Gasteiger partial charge on any atom is -0.310 e. The second kappa shape index (κ2) is 6.45. The molecule has 2 fully saturated rings. The van der Waals surface area contributed by atoms with E-state index >= 15 is 0 Å². The standard InChI is InChI=1S/C15H21ClN2.ClH/c1-11-8-13(16)3-2-12(11)9-18-7-6-14-4-5-15(10-18)17-14;/h2-3,8,14-15,17H,4-7,9-10H2,1H3;1H. The first-order chi connectivity index (χ1) is 8.70. The number of nitrogens with one attached hydrogen (secondary N) is 1. The second-order valence-corrected chi connectivity index (χ2v) is 6.17. The Morgan fingerprint density at radius 2 is 2.05 bits per heavy atom. The third-order valence-corrected chi connectivity index (χ3v) is 4.54. The van der Waals surface area contributed by atoms with Crippen molar-refractivity contribution in [3.05, 3.63) is 34.3 Å². The molecule has 2 bridgehead atoms. The lowest BCUT2D eigenvalue weighted by Crippen LogP contribution is -2.35. The van der Waals surface area contributed by atoms with Crippen molar-refractivity contribution in [1.29, 1.82) is 0 Å². The van der Waals surface area contributed by atoms with Crippen molar-refractivity contribution >= 4 is 24.0 Å². The van der Waals surface area contributed by atoms with Gasteiger partial charge in [0.1, 0.15) is 0 Å². The summed E-state index contributed by atoms with van der Waals surface area (Å²) in [7, 11) is 0. The molecule has 1 aromatic rings. The molecule has 0 saturated carbocycles. The quantitative estimate of drug-likeness (QED) is 0.900. The number of likely N-dealkylation sites (tertiary alicyclic amines) is 1. The van der Waals surface area contributed by atoms with Gasteiger partial charge in [0.05, 0.1) is 0 Å². The maximum Gasteiger partial charge on any atom is 0.0408 e. The van der Waals surface area contributed by atoms with Gasteiger partial charge < -0.3 is 5.32 Å². The van der Waals surface area contributed by atoms with Crippen LogP contribution in [-0.2, 0) is 6.54 Å².